The first-order valence-corrected chi connectivity index (χ1v) is 6.49. The summed E-state index contributed by atoms with van der Waals surface area (Å²) in [7, 11) is 1.57. The number of halogens is 1. The molecular weight excluding hydrogens is 248 g/mol. The van der Waals surface area contributed by atoms with Crippen LogP contribution >= 0.6 is 11.6 Å². The third kappa shape index (κ3) is 1.74. The molecule has 0 N–H and O–H groups in total. The summed E-state index contributed by atoms with van der Waals surface area (Å²) in [6, 6.07) is 5.24. The smallest absolute Gasteiger partial charge is 0.167 e. The van der Waals surface area contributed by atoms with Gasteiger partial charge in [-0.3, -0.25) is 4.79 Å². The summed E-state index contributed by atoms with van der Waals surface area (Å²) < 4.78 is 5.09. The van der Waals surface area contributed by atoms with Gasteiger partial charge in [0.2, 0.25) is 0 Å². The van der Waals surface area contributed by atoms with Crippen LogP contribution in [0.2, 0.25) is 5.02 Å². The topological polar surface area (TPSA) is 26.3 Å². The molecule has 0 radical (unpaired) electrons. The van der Waals surface area contributed by atoms with Crippen LogP contribution in [0.25, 0.3) is 0 Å². The van der Waals surface area contributed by atoms with E-state index in [0.29, 0.717) is 16.3 Å². The van der Waals surface area contributed by atoms with Gasteiger partial charge in [-0.15, -0.1) is 0 Å². The highest BCUT2D eigenvalue weighted by Gasteiger charge is 2.67. The zero-order valence-electron chi connectivity index (χ0n) is 11.5. The lowest BCUT2D eigenvalue weighted by molar-refractivity contribution is 0.0945. The highest BCUT2D eigenvalue weighted by atomic mass is 35.5. The van der Waals surface area contributed by atoms with E-state index in [9.17, 15) is 4.79 Å². The molecule has 0 unspecified atom stereocenters. The molecule has 1 aliphatic carbocycles. The number of Topliss-reactive ketones (excluding diaryl/α,β-unsaturated/α-hetero) is 1. The zero-order chi connectivity index (χ0) is 13.7. The summed E-state index contributed by atoms with van der Waals surface area (Å²) in [6.07, 6.45) is 0. The van der Waals surface area contributed by atoms with Crippen molar-refractivity contribution in [3.8, 4) is 5.75 Å². The summed E-state index contributed by atoms with van der Waals surface area (Å²) >= 11 is 6.06. The van der Waals surface area contributed by atoms with Crippen molar-refractivity contribution in [3.05, 3.63) is 28.8 Å². The maximum atomic E-state index is 12.5. The number of carbonyl (C=O) groups is 1. The van der Waals surface area contributed by atoms with E-state index in [1.165, 1.54) is 0 Å². The number of ether oxygens (including phenoxy) is 1. The molecule has 18 heavy (non-hydrogen) atoms. The second kappa shape index (κ2) is 3.99. The van der Waals surface area contributed by atoms with Crippen LogP contribution in [0, 0.1) is 16.7 Å². The van der Waals surface area contributed by atoms with E-state index in [-0.39, 0.29) is 22.5 Å². The molecule has 2 nitrogen and oxygen atoms in total. The van der Waals surface area contributed by atoms with Crippen molar-refractivity contribution in [2.75, 3.05) is 7.11 Å². The number of rotatable bonds is 3. The third-order valence-electron chi connectivity index (χ3n) is 4.72. The van der Waals surface area contributed by atoms with Gasteiger partial charge in [-0.25, -0.2) is 0 Å². The van der Waals surface area contributed by atoms with Crippen molar-refractivity contribution in [3.63, 3.8) is 0 Å². The van der Waals surface area contributed by atoms with Gasteiger partial charge in [0.15, 0.2) is 5.78 Å². The lowest BCUT2D eigenvalue weighted by atomic mass is 10.0. The Morgan fingerprint density at radius 1 is 1.22 bits per heavy atom. The van der Waals surface area contributed by atoms with Gasteiger partial charge in [-0.05, 0) is 29.0 Å². The molecule has 0 bridgehead atoms. The van der Waals surface area contributed by atoms with E-state index in [1.54, 1.807) is 25.3 Å². The van der Waals surface area contributed by atoms with Crippen molar-refractivity contribution in [2.45, 2.75) is 27.7 Å². The summed E-state index contributed by atoms with van der Waals surface area (Å²) in [5.74, 6) is 0.839. The van der Waals surface area contributed by atoms with Gasteiger partial charge in [0, 0.05) is 11.5 Å². The maximum absolute atomic E-state index is 12.5. The standard InChI is InChI=1S/C15H19ClO2/c1-14(2)13(15(14,3)4)12(17)9-6-7-11(18-5)10(16)8-9/h6-8,13H,1-5H3. The summed E-state index contributed by atoms with van der Waals surface area (Å²) in [4.78, 5) is 12.5. The highest BCUT2D eigenvalue weighted by Crippen LogP contribution is 2.69. The SMILES string of the molecule is COc1ccc(C(=O)C2C(C)(C)C2(C)C)cc1Cl. The van der Waals surface area contributed by atoms with E-state index < -0.39 is 0 Å². The number of carbonyl (C=O) groups excluding carboxylic acids is 1. The molecule has 0 saturated heterocycles. The molecule has 1 fully saturated rings. The lowest BCUT2D eigenvalue weighted by Crippen LogP contribution is -2.07. The molecule has 0 aromatic heterocycles. The third-order valence-corrected chi connectivity index (χ3v) is 5.01. The average Bonchev–Trinajstić information content (AvgIpc) is 2.68. The van der Waals surface area contributed by atoms with E-state index in [4.69, 9.17) is 16.3 Å². The van der Waals surface area contributed by atoms with Crippen molar-refractivity contribution in [2.24, 2.45) is 16.7 Å². The molecule has 0 amide bonds. The van der Waals surface area contributed by atoms with Crippen LogP contribution < -0.4 is 4.74 Å². The second-order valence-electron chi connectivity index (χ2n) is 6.09. The van der Waals surface area contributed by atoms with E-state index in [2.05, 4.69) is 27.7 Å². The molecule has 1 aromatic rings. The Balaban J connectivity index is 2.29. The number of benzene rings is 1. The molecule has 98 valence electrons. The molecule has 0 spiro atoms. The van der Waals surface area contributed by atoms with E-state index >= 15 is 0 Å². The first-order valence-electron chi connectivity index (χ1n) is 6.11. The summed E-state index contributed by atoms with van der Waals surface area (Å²) in [5.41, 5.74) is 0.775. The highest BCUT2D eigenvalue weighted by molar-refractivity contribution is 6.32. The molecular formula is C15H19ClO2. The molecule has 0 heterocycles. The van der Waals surface area contributed by atoms with E-state index in [1.807, 2.05) is 0 Å². The van der Waals surface area contributed by atoms with Crippen LogP contribution in [-0.4, -0.2) is 12.9 Å². The predicted octanol–water partition coefficient (Wildman–Crippen LogP) is 4.21. The van der Waals surface area contributed by atoms with Crippen LogP contribution in [0.1, 0.15) is 38.1 Å². The van der Waals surface area contributed by atoms with Crippen LogP contribution in [-0.2, 0) is 0 Å². The summed E-state index contributed by atoms with van der Waals surface area (Å²) in [5, 5.41) is 0.486. The average molecular weight is 267 g/mol. The van der Waals surface area contributed by atoms with E-state index in [0.717, 1.165) is 0 Å². The predicted molar refractivity (Wildman–Crippen MR) is 73.4 cm³/mol. The maximum Gasteiger partial charge on any atom is 0.167 e. The van der Waals surface area contributed by atoms with Crippen molar-refractivity contribution < 1.29 is 9.53 Å². The fourth-order valence-electron chi connectivity index (χ4n) is 2.84. The monoisotopic (exact) mass is 266 g/mol. The molecule has 1 aromatic carbocycles. The molecule has 2 rings (SSSR count). The Morgan fingerprint density at radius 3 is 2.17 bits per heavy atom. The number of hydrogen-bond acceptors (Lipinski definition) is 2. The van der Waals surface area contributed by atoms with Crippen molar-refractivity contribution >= 4 is 17.4 Å². The quantitative estimate of drug-likeness (QED) is 0.766. The second-order valence-corrected chi connectivity index (χ2v) is 6.50. The largest absolute Gasteiger partial charge is 0.495 e. The minimum absolute atomic E-state index is 0.0521. The summed E-state index contributed by atoms with van der Waals surface area (Å²) in [6.45, 7) is 8.56. The fraction of sp³-hybridized carbons (Fsp3) is 0.533. The molecule has 1 aliphatic rings. The minimum Gasteiger partial charge on any atom is -0.495 e. The Labute approximate surface area is 113 Å². The number of hydrogen-bond donors (Lipinski definition) is 0. The molecule has 1 saturated carbocycles. The van der Waals surface area contributed by atoms with Crippen LogP contribution in [0.4, 0.5) is 0 Å². The fourth-order valence-corrected chi connectivity index (χ4v) is 3.10. The van der Waals surface area contributed by atoms with Crippen molar-refractivity contribution in [1.29, 1.82) is 0 Å². The van der Waals surface area contributed by atoms with Gasteiger partial charge in [0.1, 0.15) is 5.75 Å². The normalized spacial score (nSPS) is 20.6. The molecule has 0 aliphatic heterocycles. The van der Waals surface area contributed by atoms with Crippen LogP contribution in [0.3, 0.4) is 0 Å². The Morgan fingerprint density at radius 2 is 1.78 bits per heavy atom. The first kappa shape index (κ1) is 13.4. The van der Waals surface area contributed by atoms with Gasteiger partial charge in [-0.2, -0.15) is 0 Å². The van der Waals surface area contributed by atoms with Crippen molar-refractivity contribution in [1.82, 2.24) is 0 Å². The van der Waals surface area contributed by atoms with Gasteiger partial charge in [0.25, 0.3) is 0 Å². The Bertz CT molecular complexity index is 489. The molecule has 0 atom stereocenters. The first-order chi connectivity index (χ1) is 8.23. The van der Waals surface area contributed by atoms with Crippen LogP contribution in [0.15, 0.2) is 18.2 Å². The lowest BCUT2D eigenvalue weighted by Gasteiger charge is -2.06. The number of ketones is 1. The Hall–Kier alpha value is -1.02. The molecule has 3 heteroatoms. The number of methoxy groups -OCH3 is 1. The van der Waals surface area contributed by atoms with Gasteiger partial charge < -0.3 is 4.74 Å². The zero-order valence-corrected chi connectivity index (χ0v) is 12.3. The van der Waals surface area contributed by atoms with Gasteiger partial charge >= 0.3 is 0 Å². The minimum atomic E-state index is 0.0521. The van der Waals surface area contributed by atoms with Crippen LogP contribution in [0.5, 0.6) is 5.75 Å². The Kier molecular flexibility index (Phi) is 2.97. The van der Waals surface area contributed by atoms with Gasteiger partial charge in [0.05, 0.1) is 12.1 Å². The van der Waals surface area contributed by atoms with Gasteiger partial charge in [-0.1, -0.05) is 39.3 Å².